The summed E-state index contributed by atoms with van der Waals surface area (Å²) in [6, 6.07) is 16.8. The van der Waals surface area contributed by atoms with Crippen LogP contribution in [0, 0.1) is 0 Å². The van der Waals surface area contributed by atoms with Crippen LogP contribution in [-0.2, 0) is 16.1 Å². The lowest BCUT2D eigenvalue weighted by molar-refractivity contribution is -0.143. The van der Waals surface area contributed by atoms with Crippen LogP contribution in [0.1, 0.15) is 23.7 Å². The zero-order valence-electron chi connectivity index (χ0n) is 13.7. The van der Waals surface area contributed by atoms with Crippen LogP contribution >= 0.6 is 11.6 Å². The molecule has 0 aliphatic heterocycles. The van der Waals surface area contributed by atoms with Crippen LogP contribution in [0.4, 0.5) is 0 Å². The molecule has 0 heterocycles. The van der Waals surface area contributed by atoms with E-state index in [0.717, 1.165) is 11.1 Å². The molecule has 0 fully saturated rings. The van der Waals surface area contributed by atoms with Crippen molar-refractivity contribution in [1.82, 2.24) is 4.90 Å². The Labute approximate surface area is 147 Å². The van der Waals surface area contributed by atoms with E-state index in [1.54, 1.807) is 11.0 Å². The van der Waals surface area contributed by atoms with Crippen LogP contribution < -0.4 is 0 Å². The van der Waals surface area contributed by atoms with E-state index >= 15 is 0 Å². The number of methoxy groups -OCH3 is 1. The lowest BCUT2D eigenvalue weighted by Crippen LogP contribution is -2.36. The average Bonchev–Trinajstić information content (AvgIpc) is 2.60. The van der Waals surface area contributed by atoms with Crippen LogP contribution in [0.3, 0.4) is 0 Å². The highest BCUT2D eigenvalue weighted by Crippen LogP contribution is 2.21. The van der Waals surface area contributed by atoms with Gasteiger partial charge in [-0.2, -0.15) is 0 Å². The minimum absolute atomic E-state index is 0.0301. The Bertz CT molecular complexity index is 648. The Hall–Kier alpha value is -1.88. The summed E-state index contributed by atoms with van der Waals surface area (Å²) >= 11 is 6.03. The van der Waals surface area contributed by atoms with Crippen LogP contribution in [-0.4, -0.2) is 36.2 Å². The van der Waals surface area contributed by atoms with Crippen molar-refractivity contribution in [3.63, 3.8) is 0 Å². The number of amides is 1. The molecule has 5 heteroatoms. The monoisotopic (exact) mass is 347 g/mol. The summed E-state index contributed by atoms with van der Waals surface area (Å²) in [4.78, 5) is 14.7. The normalized spacial score (nSPS) is 12.0. The molecule has 4 nitrogen and oxygen atoms in total. The summed E-state index contributed by atoms with van der Waals surface area (Å²) in [5, 5.41) is 9.76. The van der Waals surface area contributed by atoms with Gasteiger partial charge in [-0.1, -0.05) is 54.1 Å². The number of aliphatic hydroxyl groups is 1. The maximum atomic E-state index is 13.0. The maximum Gasteiger partial charge on any atom is 0.256 e. The fourth-order valence-corrected chi connectivity index (χ4v) is 2.77. The third-order valence-electron chi connectivity index (χ3n) is 3.72. The summed E-state index contributed by atoms with van der Waals surface area (Å²) in [6.45, 7) is 0.906. The number of benzene rings is 2. The van der Waals surface area contributed by atoms with Crippen LogP contribution in [0.2, 0.25) is 5.02 Å². The first-order valence-corrected chi connectivity index (χ1v) is 8.25. The summed E-state index contributed by atoms with van der Waals surface area (Å²) in [5.74, 6) is -0.128. The van der Waals surface area contributed by atoms with Crippen molar-refractivity contribution >= 4 is 17.5 Å². The molecule has 1 amide bonds. The van der Waals surface area contributed by atoms with Crippen LogP contribution in [0.5, 0.6) is 0 Å². The molecule has 1 atom stereocenters. The summed E-state index contributed by atoms with van der Waals surface area (Å²) in [6.07, 6.45) is -0.151. The van der Waals surface area contributed by atoms with Gasteiger partial charge in [0.05, 0.1) is 0 Å². The van der Waals surface area contributed by atoms with Gasteiger partial charge in [0.1, 0.15) is 0 Å². The molecule has 1 N–H and O–H groups in total. The van der Waals surface area contributed by atoms with Crippen molar-refractivity contribution in [2.24, 2.45) is 0 Å². The van der Waals surface area contributed by atoms with Gasteiger partial charge in [0.15, 0.2) is 6.10 Å². The molecule has 2 aromatic rings. The van der Waals surface area contributed by atoms with Crippen molar-refractivity contribution in [2.45, 2.75) is 19.1 Å². The molecule has 2 rings (SSSR count). The van der Waals surface area contributed by atoms with Crippen molar-refractivity contribution in [3.8, 4) is 0 Å². The van der Waals surface area contributed by atoms with Gasteiger partial charge in [-0.05, 0) is 29.7 Å². The highest BCUT2D eigenvalue weighted by atomic mass is 35.5. The Morgan fingerprint density at radius 2 is 1.96 bits per heavy atom. The predicted molar refractivity (Wildman–Crippen MR) is 94.8 cm³/mol. The molecule has 0 aliphatic rings. The minimum Gasteiger partial charge on any atom is -0.396 e. The number of carbonyl (C=O) groups is 1. The zero-order chi connectivity index (χ0) is 17.4. The number of aliphatic hydroxyl groups excluding tert-OH is 1. The lowest BCUT2D eigenvalue weighted by atomic mass is 10.1. The second kappa shape index (κ2) is 9.42. The largest absolute Gasteiger partial charge is 0.396 e. The van der Waals surface area contributed by atoms with Gasteiger partial charge >= 0.3 is 0 Å². The Morgan fingerprint density at radius 3 is 2.58 bits per heavy atom. The first-order chi connectivity index (χ1) is 11.7. The predicted octanol–water partition coefficient (Wildman–Crippen LogP) is 3.44. The number of rotatable bonds is 8. The second-order valence-corrected chi connectivity index (χ2v) is 5.93. The summed E-state index contributed by atoms with van der Waals surface area (Å²) < 4.78 is 5.44. The highest BCUT2D eigenvalue weighted by Gasteiger charge is 2.25. The third-order valence-corrected chi connectivity index (χ3v) is 3.96. The maximum absolute atomic E-state index is 13.0. The Kier molecular flexibility index (Phi) is 7.25. The second-order valence-electron chi connectivity index (χ2n) is 5.49. The topological polar surface area (TPSA) is 49.8 Å². The molecule has 0 saturated carbocycles. The smallest absolute Gasteiger partial charge is 0.256 e. The summed E-state index contributed by atoms with van der Waals surface area (Å²) in [7, 11) is 1.53. The molecule has 0 saturated heterocycles. The number of halogens is 1. The highest BCUT2D eigenvalue weighted by molar-refractivity contribution is 6.30. The fraction of sp³-hybridized carbons (Fsp3) is 0.316. The number of hydrogen-bond donors (Lipinski definition) is 1. The zero-order valence-corrected chi connectivity index (χ0v) is 14.4. The average molecular weight is 348 g/mol. The molecule has 24 heavy (non-hydrogen) atoms. The molecule has 0 radical (unpaired) electrons. The fourth-order valence-electron chi connectivity index (χ4n) is 2.56. The first-order valence-electron chi connectivity index (χ1n) is 7.87. The minimum atomic E-state index is -0.663. The lowest BCUT2D eigenvalue weighted by Gasteiger charge is -2.27. The number of carbonyl (C=O) groups excluding carboxylic acids is 1. The number of ether oxygens (including phenoxy) is 1. The van der Waals surface area contributed by atoms with Gasteiger partial charge < -0.3 is 14.7 Å². The van der Waals surface area contributed by atoms with E-state index in [0.29, 0.717) is 24.5 Å². The van der Waals surface area contributed by atoms with Crippen molar-refractivity contribution in [3.05, 3.63) is 70.7 Å². The molecular formula is C19H22ClNO3. The number of hydrogen-bond acceptors (Lipinski definition) is 3. The van der Waals surface area contributed by atoms with E-state index in [4.69, 9.17) is 21.4 Å². The van der Waals surface area contributed by atoms with E-state index in [1.165, 1.54) is 7.11 Å². The van der Waals surface area contributed by atoms with Crippen LogP contribution in [0.15, 0.2) is 54.6 Å². The Morgan fingerprint density at radius 1 is 1.21 bits per heavy atom. The molecular weight excluding hydrogens is 326 g/mol. The van der Waals surface area contributed by atoms with E-state index in [9.17, 15) is 4.79 Å². The van der Waals surface area contributed by atoms with Crippen molar-refractivity contribution < 1.29 is 14.6 Å². The van der Waals surface area contributed by atoms with Crippen molar-refractivity contribution in [1.29, 1.82) is 0 Å². The van der Waals surface area contributed by atoms with E-state index in [-0.39, 0.29) is 12.5 Å². The van der Waals surface area contributed by atoms with Gasteiger partial charge in [0.25, 0.3) is 5.91 Å². The van der Waals surface area contributed by atoms with Gasteiger partial charge in [-0.3, -0.25) is 4.79 Å². The molecule has 2 aromatic carbocycles. The van der Waals surface area contributed by atoms with Crippen LogP contribution in [0.25, 0.3) is 0 Å². The number of nitrogens with zero attached hydrogens (tertiary/aromatic N) is 1. The molecule has 0 bridgehead atoms. The quantitative estimate of drug-likeness (QED) is 0.795. The molecule has 0 unspecified atom stereocenters. The van der Waals surface area contributed by atoms with Gasteiger partial charge in [-0.25, -0.2) is 0 Å². The molecule has 0 spiro atoms. The first kappa shape index (κ1) is 18.5. The molecule has 0 aliphatic carbocycles. The van der Waals surface area contributed by atoms with E-state index < -0.39 is 6.10 Å². The molecule has 0 aromatic heterocycles. The third kappa shape index (κ3) is 5.06. The van der Waals surface area contributed by atoms with Gasteiger partial charge in [-0.15, -0.1) is 0 Å². The van der Waals surface area contributed by atoms with Gasteiger partial charge in [0, 0.05) is 31.8 Å². The standard InChI is InChI=1S/C19H22ClNO3/c1-24-18(16-8-3-2-4-9-16)19(23)21(11-6-12-22)14-15-7-5-10-17(20)13-15/h2-5,7-10,13,18,22H,6,11-12,14H2,1H3/t18-/m1/s1. The molecule has 128 valence electrons. The summed E-state index contributed by atoms with van der Waals surface area (Å²) in [5.41, 5.74) is 1.75. The van der Waals surface area contributed by atoms with Crippen molar-refractivity contribution in [2.75, 3.05) is 20.3 Å². The van der Waals surface area contributed by atoms with E-state index in [2.05, 4.69) is 0 Å². The Balaban J connectivity index is 2.20. The SMILES string of the molecule is CO[C@@H](C(=O)N(CCCO)Cc1cccc(Cl)c1)c1ccccc1. The van der Waals surface area contributed by atoms with E-state index in [1.807, 2.05) is 48.5 Å². The van der Waals surface area contributed by atoms with Gasteiger partial charge in [0.2, 0.25) is 0 Å².